The zero-order chi connectivity index (χ0) is 18.1. The van der Waals surface area contributed by atoms with Gasteiger partial charge in [0.15, 0.2) is 5.11 Å². The Bertz CT molecular complexity index is 765. The Balaban J connectivity index is 1.68. The minimum atomic E-state index is -0.440. The molecular weight excluding hydrogens is 361 g/mol. The van der Waals surface area contributed by atoms with Crippen molar-refractivity contribution in [2.45, 2.75) is 6.42 Å². The molecule has 0 unspecified atom stereocenters. The highest BCUT2D eigenvalue weighted by Gasteiger charge is 2.00. The van der Waals surface area contributed by atoms with Gasteiger partial charge in [-0.25, -0.2) is 4.39 Å². The molecule has 0 bridgehead atoms. The molecule has 0 heterocycles. The van der Waals surface area contributed by atoms with Gasteiger partial charge in [-0.1, -0.05) is 41.9 Å². The predicted octanol–water partition coefficient (Wildman–Crippen LogP) is 3.23. The van der Waals surface area contributed by atoms with E-state index in [2.05, 4.69) is 16.2 Å². The Hall–Kier alpha value is -2.44. The molecule has 2 aromatic rings. The van der Waals surface area contributed by atoms with Crippen LogP contribution in [0.15, 0.2) is 54.6 Å². The summed E-state index contributed by atoms with van der Waals surface area (Å²) in [4.78, 5) is 11.7. The van der Waals surface area contributed by atoms with Crippen LogP contribution in [-0.4, -0.2) is 17.6 Å². The summed E-state index contributed by atoms with van der Waals surface area (Å²) in [6.45, 7) is 0.606. The number of hydrogen-bond acceptors (Lipinski definition) is 2. The third-order valence-corrected chi connectivity index (χ3v) is 3.73. The van der Waals surface area contributed by atoms with Gasteiger partial charge in [0, 0.05) is 23.2 Å². The molecule has 3 N–H and O–H groups in total. The standard InChI is InChI=1S/C18H17ClFN3OS/c19-15-8-5-13(6-9-15)11-12-21-18(25)23-22-17(24)10-7-14-3-1-2-4-16(14)20/h1-10H,11-12H2,(H,22,24)(H2,21,23,25)/b10-7+. The molecule has 0 saturated heterocycles. The van der Waals surface area contributed by atoms with E-state index >= 15 is 0 Å². The van der Waals surface area contributed by atoms with Gasteiger partial charge in [0.05, 0.1) is 0 Å². The van der Waals surface area contributed by atoms with E-state index in [4.69, 9.17) is 23.8 Å². The summed E-state index contributed by atoms with van der Waals surface area (Å²) < 4.78 is 13.4. The maximum absolute atomic E-state index is 13.4. The molecule has 0 spiro atoms. The zero-order valence-electron chi connectivity index (χ0n) is 13.3. The van der Waals surface area contributed by atoms with Crippen LogP contribution in [0, 0.1) is 5.82 Å². The van der Waals surface area contributed by atoms with Crippen molar-refractivity contribution in [3.05, 3.63) is 76.6 Å². The summed E-state index contributed by atoms with van der Waals surface area (Å²) in [6.07, 6.45) is 3.38. The number of carbonyl (C=O) groups is 1. The number of thiocarbonyl (C=S) groups is 1. The maximum atomic E-state index is 13.4. The Morgan fingerprint density at radius 1 is 1.12 bits per heavy atom. The average Bonchev–Trinajstić information content (AvgIpc) is 2.61. The SMILES string of the molecule is O=C(/C=C/c1ccccc1F)NNC(=S)NCCc1ccc(Cl)cc1. The van der Waals surface area contributed by atoms with Crippen LogP contribution in [0.5, 0.6) is 0 Å². The van der Waals surface area contributed by atoms with Crippen LogP contribution in [0.25, 0.3) is 6.08 Å². The first-order chi connectivity index (χ1) is 12.0. The van der Waals surface area contributed by atoms with E-state index in [9.17, 15) is 9.18 Å². The molecule has 1 amide bonds. The molecule has 0 aliphatic carbocycles. The summed E-state index contributed by atoms with van der Waals surface area (Å²) in [5.41, 5.74) is 6.45. The molecule has 4 nitrogen and oxygen atoms in total. The van der Waals surface area contributed by atoms with E-state index < -0.39 is 5.91 Å². The molecule has 0 fully saturated rings. The van der Waals surface area contributed by atoms with Crippen molar-refractivity contribution in [2.24, 2.45) is 0 Å². The van der Waals surface area contributed by atoms with Crippen LogP contribution in [0.2, 0.25) is 5.02 Å². The molecule has 2 rings (SSSR count). The fourth-order valence-corrected chi connectivity index (χ4v) is 2.23. The quantitative estimate of drug-likeness (QED) is 0.425. The molecule has 130 valence electrons. The van der Waals surface area contributed by atoms with Crippen LogP contribution in [0.4, 0.5) is 4.39 Å². The lowest BCUT2D eigenvalue weighted by atomic mass is 10.1. The van der Waals surface area contributed by atoms with Crippen molar-refractivity contribution >= 4 is 40.9 Å². The third-order valence-electron chi connectivity index (χ3n) is 3.23. The van der Waals surface area contributed by atoms with Gasteiger partial charge >= 0.3 is 0 Å². The highest BCUT2D eigenvalue weighted by molar-refractivity contribution is 7.80. The van der Waals surface area contributed by atoms with Crippen LogP contribution >= 0.6 is 23.8 Å². The van der Waals surface area contributed by atoms with Crippen molar-refractivity contribution in [1.29, 1.82) is 0 Å². The number of hydrazine groups is 1. The van der Waals surface area contributed by atoms with Gasteiger partial charge in [0.2, 0.25) is 0 Å². The Morgan fingerprint density at radius 3 is 2.56 bits per heavy atom. The smallest absolute Gasteiger partial charge is 0.262 e. The number of carbonyl (C=O) groups excluding carboxylic acids is 1. The lowest BCUT2D eigenvalue weighted by Crippen LogP contribution is -2.46. The molecule has 2 aromatic carbocycles. The topological polar surface area (TPSA) is 53.2 Å². The van der Waals surface area contributed by atoms with E-state index in [1.165, 1.54) is 18.2 Å². The first kappa shape index (κ1) is 18.9. The first-order valence-electron chi connectivity index (χ1n) is 7.55. The Kier molecular flexibility index (Phi) is 7.37. The molecule has 0 atom stereocenters. The highest BCUT2D eigenvalue weighted by Crippen LogP contribution is 2.09. The molecule has 0 aromatic heterocycles. The lowest BCUT2D eigenvalue weighted by molar-refractivity contribution is -0.116. The van der Waals surface area contributed by atoms with Crippen LogP contribution in [-0.2, 0) is 11.2 Å². The van der Waals surface area contributed by atoms with Gasteiger partial charge in [0.25, 0.3) is 5.91 Å². The maximum Gasteiger partial charge on any atom is 0.262 e. The summed E-state index contributed by atoms with van der Waals surface area (Å²) in [5.74, 6) is -0.830. The lowest BCUT2D eigenvalue weighted by Gasteiger charge is -2.10. The second-order valence-electron chi connectivity index (χ2n) is 5.10. The van der Waals surface area contributed by atoms with Gasteiger partial charge in [0.1, 0.15) is 5.82 Å². The van der Waals surface area contributed by atoms with Gasteiger partial charge < -0.3 is 5.32 Å². The van der Waals surface area contributed by atoms with Crippen molar-refractivity contribution < 1.29 is 9.18 Å². The fourth-order valence-electron chi connectivity index (χ4n) is 1.95. The number of halogens is 2. The van der Waals surface area contributed by atoms with E-state index in [0.717, 1.165) is 12.0 Å². The van der Waals surface area contributed by atoms with Gasteiger partial charge in [-0.15, -0.1) is 0 Å². The number of hydrogen-bond donors (Lipinski definition) is 3. The zero-order valence-corrected chi connectivity index (χ0v) is 14.8. The normalized spacial score (nSPS) is 10.5. The molecular formula is C18H17ClFN3OS. The molecule has 0 saturated carbocycles. The minimum Gasteiger partial charge on any atom is -0.361 e. The summed E-state index contributed by atoms with van der Waals surface area (Å²) in [5, 5.41) is 3.96. The number of benzene rings is 2. The van der Waals surface area contributed by atoms with Gasteiger partial charge in [-0.3, -0.25) is 15.6 Å². The second kappa shape index (κ2) is 9.76. The average molecular weight is 378 g/mol. The number of amides is 1. The largest absolute Gasteiger partial charge is 0.361 e. The summed E-state index contributed by atoms with van der Waals surface area (Å²) >= 11 is 10.9. The molecule has 25 heavy (non-hydrogen) atoms. The number of rotatable bonds is 5. The van der Waals surface area contributed by atoms with Crippen molar-refractivity contribution in [3.63, 3.8) is 0 Å². The summed E-state index contributed by atoms with van der Waals surface area (Å²) in [7, 11) is 0. The first-order valence-corrected chi connectivity index (χ1v) is 8.34. The van der Waals surface area contributed by atoms with Crippen LogP contribution in [0.3, 0.4) is 0 Å². The van der Waals surface area contributed by atoms with Crippen molar-refractivity contribution in [1.82, 2.24) is 16.2 Å². The molecule has 7 heteroatoms. The Labute approximate surface area is 156 Å². The minimum absolute atomic E-state index is 0.293. The van der Waals surface area contributed by atoms with E-state index in [0.29, 0.717) is 22.2 Å². The van der Waals surface area contributed by atoms with Crippen LogP contribution in [0.1, 0.15) is 11.1 Å². The van der Waals surface area contributed by atoms with E-state index in [1.54, 1.807) is 18.2 Å². The molecule has 0 aliphatic rings. The second-order valence-corrected chi connectivity index (χ2v) is 5.95. The van der Waals surface area contributed by atoms with Gasteiger partial charge in [-0.2, -0.15) is 0 Å². The molecule has 0 aliphatic heterocycles. The number of nitrogens with one attached hydrogen (secondary N) is 3. The van der Waals surface area contributed by atoms with Crippen molar-refractivity contribution in [2.75, 3.05) is 6.54 Å². The monoisotopic (exact) mass is 377 g/mol. The summed E-state index contributed by atoms with van der Waals surface area (Å²) in [6, 6.07) is 13.7. The van der Waals surface area contributed by atoms with E-state index in [-0.39, 0.29) is 5.82 Å². The predicted molar refractivity (Wildman–Crippen MR) is 102 cm³/mol. The van der Waals surface area contributed by atoms with Crippen molar-refractivity contribution in [3.8, 4) is 0 Å². The third kappa shape index (κ3) is 6.91. The van der Waals surface area contributed by atoms with Crippen LogP contribution < -0.4 is 16.2 Å². The Morgan fingerprint density at radius 2 is 1.84 bits per heavy atom. The molecule has 0 radical (unpaired) electrons. The van der Waals surface area contributed by atoms with E-state index in [1.807, 2.05) is 24.3 Å². The van der Waals surface area contributed by atoms with Gasteiger partial charge in [-0.05, 0) is 48.5 Å². The highest BCUT2D eigenvalue weighted by atomic mass is 35.5. The fraction of sp³-hybridized carbons (Fsp3) is 0.111.